The Bertz CT molecular complexity index is 1470. The molecule has 0 unspecified atom stereocenters. The number of nitrogens with zero attached hydrogens (tertiary/aromatic N) is 3. The Labute approximate surface area is 211 Å². The van der Waals surface area contributed by atoms with Crippen LogP contribution in [0.1, 0.15) is 54.6 Å². The summed E-state index contributed by atoms with van der Waals surface area (Å²) in [4.78, 5) is 32.8. The summed E-state index contributed by atoms with van der Waals surface area (Å²) >= 11 is 2.87. The molecule has 7 nitrogen and oxygen atoms in total. The zero-order valence-electron chi connectivity index (χ0n) is 20.4. The third-order valence-corrected chi connectivity index (χ3v) is 8.55. The highest BCUT2D eigenvalue weighted by molar-refractivity contribution is 7.10. The summed E-state index contributed by atoms with van der Waals surface area (Å²) in [5.41, 5.74) is 4.13. The van der Waals surface area contributed by atoms with Crippen molar-refractivity contribution in [3.8, 4) is 0 Å². The number of carbonyl (C=O) groups is 1. The van der Waals surface area contributed by atoms with Crippen LogP contribution in [0.25, 0.3) is 6.08 Å². The molecule has 1 saturated heterocycles. The van der Waals surface area contributed by atoms with Crippen molar-refractivity contribution in [1.82, 2.24) is 9.13 Å². The Kier molecular flexibility index (Phi) is 6.65. The van der Waals surface area contributed by atoms with E-state index in [9.17, 15) is 9.59 Å². The fourth-order valence-corrected chi connectivity index (χ4v) is 6.76. The molecule has 5 heterocycles. The Morgan fingerprint density at radius 3 is 2.86 bits per heavy atom. The second-order valence-corrected chi connectivity index (χ2v) is 10.9. The molecule has 2 atom stereocenters. The van der Waals surface area contributed by atoms with Gasteiger partial charge in [0.1, 0.15) is 6.04 Å². The Morgan fingerprint density at radius 1 is 1.34 bits per heavy atom. The van der Waals surface area contributed by atoms with Crippen LogP contribution in [-0.4, -0.2) is 34.4 Å². The molecule has 2 aliphatic heterocycles. The summed E-state index contributed by atoms with van der Waals surface area (Å²) < 4.78 is 15.7. The summed E-state index contributed by atoms with van der Waals surface area (Å²) in [6.07, 6.45) is 4.38. The first-order chi connectivity index (χ1) is 16.9. The smallest absolute Gasteiger partial charge is 0.338 e. The van der Waals surface area contributed by atoms with Crippen LogP contribution in [0, 0.1) is 13.8 Å². The maximum Gasteiger partial charge on any atom is 0.338 e. The lowest BCUT2D eigenvalue weighted by Gasteiger charge is -2.23. The molecule has 0 N–H and O–H groups in total. The number of fused-ring (bicyclic) bond motifs is 1. The van der Waals surface area contributed by atoms with Crippen molar-refractivity contribution < 1.29 is 14.3 Å². The van der Waals surface area contributed by atoms with Gasteiger partial charge in [0, 0.05) is 29.4 Å². The molecule has 9 heteroatoms. The van der Waals surface area contributed by atoms with E-state index in [1.165, 1.54) is 22.7 Å². The van der Waals surface area contributed by atoms with Gasteiger partial charge in [-0.15, -0.1) is 11.3 Å². The summed E-state index contributed by atoms with van der Waals surface area (Å²) in [5, 5.41) is 1.95. The van der Waals surface area contributed by atoms with E-state index in [0.29, 0.717) is 20.6 Å². The fraction of sp³-hybridized carbons (Fsp3) is 0.423. The number of carbonyl (C=O) groups excluding carboxylic acids is 1. The van der Waals surface area contributed by atoms with Crippen LogP contribution < -0.4 is 14.9 Å². The lowest BCUT2D eigenvalue weighted by atomic mass is 10.0. The minimum atomic E-state index is -0.542. The first kappa shape index (κ1) is 24.0. The standard InChI is InChI=1S/C26H29N3O4S2/c1-5-32-25(31)22-16(3)27-26-29(23(22)20-9-7-11-34-20)24(30)21(35-26)13-18-12-15(2)28(17(18)4)14-19-8-6-10-33-19/h7,9,11-13,19,23H,5-6,8,10,14H2,1-4H3/b21-13-/t19-,23+/m0/s1. The molecule has 3 aromatic heterocycles. The molecule has 1 fully saturated rings. The van der Waals surface area contributed by atoms with E-state index >= 15 is 0 Å². The molecule has 0 spiro atoms. The molecule has 0 amide bonds. The van der Waals surface area contributed by atoms with Crippen molar-refractivity contribution in [3.63, 3.8) is 0 Å². The average molecular weight is 512 g/mol. The van der Waals surface area contributed by atoms with Crippen molar-refractivity contribution >= 4 is 34.7 Å². The van der Waals surface area contributed by atoms with Crippen molar-refractivity contribution in [3.05, 3.63) is 76.4 Å². The van der Waals surface area contributed by atoms with Gasteiger partial charge in [-0.2, -0.15) is 0 Å². The van der Waals surface area contributed by atoms with Gasteiger partial charge in [-0.05, 0) is 69.7 Å². The van der Waals surface area contributed by atoms with Crippen molar-refractivity contribution in [2.24, 2.45) is 4.99 Å². The number of aromatic nitrogens is 2. The number of aryl methyl sites for hydroxylation is 1. The van der Waals surface area contributed by atoms with Crippen molar-refractivity contribution in [2.75, 3.05) is 13.2 Å². The van der Waals surface area contributed by atoms with Gasteiger partial charge in [-0.3, -0.25) is 9.36 Å². The molecule has 0 saturated carbocycles. The van der Waals surface area contributed by atoms with E-state index in [4.69, 9.17) is 9.47 Å². The third-order valence-electron chi connectivity index (χ3n) is 6.64. The van der Waals surface area contributed by atoms with Crippen molar-refractivity contribution in [1.29, 1.82) is 0 Å². The zero-order chi connectivity index (χ0) is 24.7. The number of thiazole rings is 1. The van der Waals surface area contributed by atoms with Crippen LogP contribution in [0.15, 0.2) is 44.6 Å². The lowest BCUT2D eigenvalue weighted by molar-refractivity contribution is -0.139. The van der Waals surface area contributed by atoms with Crippen LogP contribution in [-0.2, 0) is 20.8 Å². The molecule has 0 radical (unpaired) electrons. The highest BCUT2D eigenvalue weighted by atomic mass is 32.1. The molecule has 5 rings (SSSR count). The topological polar surface area (TPSA) is 74.8 Å². The molecular weight excluding hydrogens is 482 g/mol. The summed E-state index contributed by atoms with van der Waals surface area (Å²) in [6, 6.07) is 5.45. The van der Waals surface area contributed by atoms with Gasteiger partial charge in [0.05, 0.1) is 28.5 Å². The number of allylic oxidation sites excluding steroid dienone is 1. The van der Waals surface area contributed by atoms with Gasteiger partial charge in [0.25, 0.3) is 5.56 Å². The highest BCUT2D eigenvalue weighted by Gasteiger charge is 2.34. The van der Waals surface area contributed by atoms with Gasteiger partial charge < -0.3 is 14.0 Å². The molecule has 35 heavy (non-hydrogen) atoms. The number of ether oxygens (including phenoxy) is 2. The number of thiophene rings is 1. The first-order valence-corrected chi connectivity index (χ1v) is 13.6. The number of rotatable bonds is 6. The molecular formula is C26H29N3O4S2. The Morgan fingerprint density at radius 2 is 2.17 bits per heavy atom. The number of hydrogen-bond acceptors (Lipinski definition) is 7. The molecule has 3 aromatic rings. The van der Waals surface area contributed by atoms with Gasteiger partial charge in [-0.1, -0.05) is 17.4 Å². The van der Waals surface area contributed by atoms with Crippen LogP contribution in [0.4, 0.5) is 0 Å². The average Bonchev–Trinajstić information content (AvgIpc) is 3.61. The maximum absolute atomic E-state index is 13.7. The second-order valence-electron chi connectivity index (χ2n) is 8.89. The van der Waals surface area contributed by atoms with Gasteiger partial charge in [-0.25, -0.2) is 9.79 Å². The maximum atomic E-state index is 13.7. The largest absolute Gasteiger partial charge is 0.463 e. The quantitative estimate of drug-likeness (QED) is 0.475. The number of esters is 1. The summed E-state index contributed by atoms with van der Waals surface area (Å²) in [5.74, 6) is -0.431. The molecule has 184 valence electrons. The van der Waals surface area contributed by atoms with E-state index in [2.05, 4.69) is 29.5 Å². The monoisotopic (exact) mass is 511 g/mol. The van der Waals surface area contributed by atoms with Crippen LogP contribution >= 0.6 is 22.7 Å². The van der Waals surface area contributed by atoms with E-state index in [0.717, 1.165) is 47.8 Å². The van der Waals surface area contributed by atoms with Crippen LogP contribution in [0.5, 0.6) is 0 Å². The van der Waals surface area contributed by atoms with E-state index in [1.54, 1.807) is 11.5 Å². The van der Waals surface area contributed by atoms with Crippen LogP contribution in [0.2, 0.25) is 0 Å². The number of hydrogen-bond donors (Lipinski definition) is 0. The van der Waals surface area contributed by atoms with Crippen molar-refractivity contribution in [2.45, 2.75) is 59.2 Å². The van der Waals surface area contributed by atoms with E-state index < -0.39 is 12.0 Å². The van der Waals surface area contributed by atoms with Gasteiger partial charge >= 0.3 is 5.97 Å². The predicted molar refractivity (Wildman–Crippen MR) is 138 cm³/mol. The predicted octanol–water partition coefficient (Wildman–Crippen LogP) is 3.46. The van der Waals surface area contributed by atoms with E-state index in [-0.39, 0.29) is 18.3 Å². The van der Waals surface area contributed by atoms with Crippen LogP contribution in [0.3, 0.4) is 0 Å². The Balaban J connectivity index is 1.61. The highest BCUT2D eigenvalue weighted by Crippen LogP contribution is 2.33. The minimum absolute atomic E-state index is 0.148. The molecule has 0 aliphatic carbocycles. The normalized spacial score (nSPS) is 20.3. The SMILES string of the molecule is CCOC(=O)C1=C(C)N=c2s/c(=C\c3cc(C)n(C[C@@H]4CCCO4)c3C)c(=O)n2[C@@H]1c1cccs1. The first-order valence-electron chi connectivity index (χ1n) is 11.9. The van der Waals surface area contributed by atoms with Gasteiger partial charge in [0.2, 0.25) is 0 Å². The summed E-state index contributed by atoms with van der Waals surface area (Å²) in [7, 11) is 0. The second kappa shape index (κ2) is 9.72. The lowest BCUT2D eigenvalue weighted by Crippen LogP contribution is -2.39. The Hall–Kier alpha value is -2.75. The molecule has 0 bridgehead atoms. The fourth-order valence-electron chi connectivity index (χ4n) is 4.90. The molecule has 0 aromatic carbocycles. The minimum Gasteiger partial charge on any atom is -0.463 e. The van der Waals surface area contributed by atoms with E-state index in [1.807, 2.05) is 30.5 Å². The third kappa shape index (κ3) is 4.37. The van der Waals surface area contributed by atoms with Gasteiger partial charge in [0.15, 0.2) is 4.80 Å². The summed E-state index contributed by atoms with van der Waals surface area (Å²) in [6.45, 7) is 9.68. The zero-order valence-corrected chi connectivity index (χ0v) is 22.0. The molecule has 2 aliphatic rings.